The molecule has 5 heteroatoms. The van der Waals surface area contributed by atoms with Gasteiger partial charge in [-0.3, -0.25) is 4.79 Å². The second kappa shape index (κ2) is 4.41. The standard InChI is InChI=1S/C12H13NO3S/c1-12(2,11(14)15)6-17-8-3-4-9-10(5-8)16-7-13-9/h3-5,7H,6H2,1-2H3,(H,14,15). The third-order valence-corrected chi connectivity index (χ3v) is 3.93. The number of thioether (sulfide) groups is 1. The Kier molecular flexibility index (Phi) is 3.11. The van der Waals surface area contributed by atoms with Gasteiger partial charge >= 0.3 is 5.97 Å². The molecule has 0 saturated carbocycles. The fraction of sp³-hybridized carbons (Fsp3) is 0.333. The van der Waals surface area contributed by atoms with Gasteiger partial charge in [0.25, 0.3) is 0 Å². The number of rotatable bonds is 4. The van der Waals surface area contributed by atoms with Gasteiger partial charge in [0.1, 0.15) is 5.52 Å². The quantitative estimate of drug-likeness (QED) is 0.846. The molecule has 0 amide bonds. The highest BCUT2D eigenvalue weighted by molar-refractivity contribution is 7.99. The number of oxazole rings is 1. The Hall–Kier alpha value is -1.49. The van der Waals surface area contributed by atoms with Crippen molar-refractivity contribution in [3.05, 3.63) is 24.6 Å². The molecule has 1 aromatic carbocycles. The maximum Gasteiger partial charge on any atom is 0.309 e. The van der Waals surface area contributed by atoms with Crippen LogP contribution in [-0.4, -0.2) is 21.8 Å². The highest BCUT2D eigenvalue weighted by Crippen LogP contribution is 2.29. The molecular formula is C12H13NO3S. The van der Waals surface area contributed by atoms with E-state index >= 15 is 0 Å². The van der Waals surface area contributed by atoms with E-state index in [-0.39, 0.29) is 0 Å². The number of carboxylic acids is 1. The van der Waals surface area contributed by atoms with E-state index in [0.717, 1.165) is 16.0 Å². The Labute approximate surface area is 103 Å². The molecule has 4 nitrogen and oxygen atoms in total. The summed E-state index contributed by atoms with van der Waals surface area (Å²) in [5, 5.41) is 9.02. The minimum Gasteiger partial charge on any atom is -0.481 e. The van der Waals surface area contributed by atoms with E-state index in [0.29, 0.717) is 5.75 Å². The van der Waals surface area contributed by atoms with Crippen LogP contribution in [0, 0.1) is 5.41 Å². The summed E-state index contributed by atoms with van der Waals surface area (Å²) < 4.78 is 5.20. The molecule has 0 aliphatic heterocycles. The largest absolute Gasteiger partial charge is 0.481 e. The van der Waals surface area contributed by atoms with Crippen molar-refractivity contribution < 1.29 is 14.3 Å². The lowest BCUT2D eigenvalue weighted by atomic mass is 9.97. The molecule has 0 bridgehead atoms. The zero-order valence-corrected chi connectivity index (χ0v) is 10.5. The van der Waals surface area contributed by atoms with Gasteiger partial charge in [0.05, 0.1) is 5.41 Å². The third-order valence-electron chi connectivity index (χ3n) is 2.48. The van der Waals surface area contributed by atoms with Crippen LogP contribution in [0.1, 0.15) is 13.8 Å². The Morgan fingerprint density at radius 1 is 1.53 bits per heavy atom. The number of fused-ring (bicyclic) bond motifs is 1. The predicted molar refractivity (Wildman–Crippen MR) is 66.1 cm³/mol. The summed E-state index contributed by atoms with van der Waals surface area (Å²) in [6.45, 7) is 3.44. The molecule has 2 rings (SSSR count). The van der Waals surface area contributed by atoms with Crippen LogP contribution < -0.4 is 0 Å². The van der Waals surface area contributed by atoms with E-state index in [2.05, 4.69) is 4.98 Å². The molecule has 0 atom stereocenters. The number of hydrogen-bond acceptors (Lipinski definition) is 4. The van der Waals surface area contributed by atoms with Crippen molar-refractivity contribution in [2.45, 2.75) is 18.7 Å². The summed E-state index contributed by atoms with van der Waals surface area (Å²) in [5.41, 5.74) is 0.802. The predicted octanol–water partition coefficient (Wildman–Crippen LogP) is 3.03. The van der Waals surface area contributed by atoms with E-state index in [1.54, 1.807) is 13.8 Å². The Morgan fingerprint density at radius 3 is 3.00 bits per heavy atom. The second-order valence-corrected chi connectivity index (χ2v) is 5.51. The number of carboxylic acid groups (broad SMARTS) is 1. The van der Waals surface area contributed by atoms with Crippen molar-refractivity contribution in [2.24, 2.45) is 5.41 Å². The summed E-state index contributed by atoms with van der Waals surface area (Å²) in [4.78, 5) is 16.0. The van der Waals surface area contributed by atoms with Crippen molar-refractivity contribution in [1.29, 1.82) is 0 Å². The number of aromatic nitrogens is 1. The summed E-state index contributed by atoms with van der Waals surface area (Å²) in [6.07, 6.45) is 1.40. The monoisotopic (exact) mass is 251 g/mol. The molecule has 0 aliphatic rings. The fourth-order valence-corrected chi connectivity index (χ4v) is 2.26. The van der Waals surface area contributed by atoms with Crippen LogP contribution in [0.15, 0.2) is 33.9 Å². The zero-order valence-electron chi connectivity index (χ0n) is 9.64. The van der Waals surface area contributed by atoms with Crippen molar-refractivity contribution in [2.75, 3.05) is 5.75 Å². The van der Waals surface area contributed by atoms with Gasteiger partial charge in [-0.25, -0.2) is 4.98 Å². The molecular weight excluding hydrogens is 238 g/mol. The highest BCUT2D eigenvalue weighted by Gasteiger charge is 2.27. The highest BCUT2D eigenvalue weighted by atomic mass is 32.2. The van der Waals surface area contributed by atoms with Gasteiger partial charge in [0, 0.05) is 10.6 Å². The molecule has 0 spiro atoms. The van der Waals surface area contributed by atoms with Gasteiger partial charge < -0.3 is 9.52 Å². The van der Waals surface area contributed by atoms with Gasteiger partial charge in [-0.15, -0.1) is 11.8 Å². The number of carbonyl (C=O) groups is 1. The van der Waals surface area contributed by atoms with Crippen LogP contribution in [0.5, 0.6) is 0 Å². The SMILES string of the molecule is CC(C)(CSc1ccc2ncoc2c1)C(=O)O. The van der Waals surface area contributed by atoms with Crippen LogP contribution in [-0.2, 0) is 4.79 Å². The number of hydrogen-bond donors (Lipinski definition) is 1. The topological polar surface area (TPSA) is 63.3 Å². The Morgan fingerprint density at radius 2 is 2.29 bits per heavy atom. The molecule has 0 unspecified atom stereocenters. The summed E-state index contributed by atoms with van der Waals surface area (Å²) in [6, 6.07) is 5.67. The molecule has 2 aromatic rings. The van der Waals surface area contributed by atoms with E-state index in [1.165, 1.54) is 18.2 Å². The van der Waals surface area contributed by atoms with E-state index in [9.17, 15) is 4.79 Å². The number of benzene rings is 1. The molecule has 0 aliphatic carbocycles. The normalized spacial score (nSPS) is 11.9. The van der Waals surface area contributed by atoms with Gasteiger partial charge in [-0.1, -0.05) is 0 Å². The molecule has 1 N–H and O–H groups in total. The molecule has 0 radical (unpaired) electrons. The molecule has 1 aromatic heterocycles. The van der Waals surface area contributed by atoms with Crippen molar-refractivity contribution in [3.8, 4) is 0 Å². The second-order valence-electron chi connectivity index (χ2n) is 4.46. The van der Waals surface area contributed by atoms with Gasteiger partial charge in [-0.05, 0) is 32.0 Å². The lowest BCUT2D eigenvalue weighted by Gasteiger charge is -2.17. The van der Waals surface area contributed by atoms with Gasteiger partial charge in [0.2, 0.25) is 0 Å². The molecule has 0 saturated heterocycles. The lowest BCUT2D eigenvalue weighted by Crippen LogP contribution is -2.26. The van der Waals surface area contributed by atoms with Crippen LogP contribution in [0.3, 0.4) is 0 Å². The first kappa shape index (κ1) is 12.0. The van der Waals surface area contributed by atoms with Gasteiger partial charge in [-0.2, -0.15) is 0 Å². The third kappa shape index (κ3) is 2.61. The van der Waals surface area contributed by atoms with Crippen molar-refractivity contribution >= 4 is 28.8 Å². The van der Waals surface area contributed by atoms with Crippen molar-refractivity contribution in [3.63, 3.8) is 0 Å². The zero-order chi connectivity index (χ0) is 12.5. The van der Waals surface area contributed by atoms with Crippen LogP contribution in [0.25, 0.3) is 11.1 Å². The average Bonchev–Trinajstić information content (AvgIpc) is 2.73. The minimum absolute atomic E-state index is 0.516. The lowest BCUT2D eigenvalue weighted by molar-refractivity contribution is -0.145. The van der Waals surface area contributed by atoms with Crippen molar-refractivity contribution in [1.82, 2.24) is 4.98 Å². The van der Waals surface area contributed by atoms with E-state index in [1.807, 2.05) is 18.2 Å². The molecule has 0 fully saturated rings. The molecule has 17 heavy (non-hydrogen) atoms. The first-order valence-corrected chi connectivity index (χ1v) is 6.17. The molecule has 1 heterocycles. The van der Waals surface area contributed by atoms with Crippen LogP contribution in [0.4, 0.5) is 0 Å². The first-order chi connectivity index (χ1) is 7.99. The van der Waals surface area contributed by atoms with Gasteiger partial charge in [0.15, 0.2) is 12.0 Å². The van der Waals surface area contributed by atoms with Crippen LogP contribution >= 0.6 is 11.8 Å². The fourth-order valence-electron chi connectivity index (χ4n) is 1.25. The number of nitrogens with zero attached hydrogens (tertiary/aromatic N) is 1. The Balaban J connectivity index is 2.11. The van der Waals surface area contributed by atoms with E-state index in [4.69, 9.17) is 9.52 Å². The maximum absolute atomic E-state index is 11.0. The smallest absolute Gasteiger partial charge is 0.309 e. The average molecular weight is 251 g/mol. The summed E-state index contributed by atoms with van der Waals surface area (Å²) in [7, 11) is 0. The number of aliphatic carboxylic acids is 1. The maximum atomic E-state index is 11.0. The minimum atomic E-state index is -0.786. The first-order valence-electron chi connectivity index (χ1n) is 5.18. The summed E-state index contributed by atoms with van der Waals surface area (Å²) in [5.74, 6) is -0.270. The summed E-state index contributed by atoms with van der Waals surface area (Å²) >= 11 is 1.51. The van der Waals surface area contributed by atoms with Crippen LogP contribution in [0.2, 0.25) is 0 Å². The van der Waals surface area contributed by atoms with E-state index < -0.39 is 11.4 Å². The molecule has 90 valence electrons. The Bertz CT molecular complexity index is 547.